The summed E-state index contributed by atoms with van der Waals surface area (Å²) in [5.41, 5.74) is 2.80. The fourth-order valence-corrected chi connectivity index (χ4v) is 8.74. The van der Waals surface area contributed by atoms with E-state index < -0.39 is 0 Å². The zero-order valence-corrected chi connectivity index (χ0v) is 21.2. The molecule has 0 amide bonds. The Bertz CT molecular complexity index is 967. The number of hydrogen-bond donors (Lipinski definition) is 0. The van der Waals surface area contributed by atoms with Gasteiger partial charge < -0.3 is 9.47 Å². The highest BCUT2D eigenvalue weighted by molar-refractivity contribution is 5.67. The van der Waals surface area contributed by atoms with Crippen LogP contribution >= 0.6 is 0 Å². The SMILES string of the molecule is CC(=O)OC1C[C@@H]2CCC3C4CCC(OC(C)=O)C4(C)CCC3C2(C)CC1=Cc1ccccc1. The Balaban J connectivity index is 1.44. The smallest absolute Gasteiger partial charge is 0.303 e. The van der Waals surface area contributed by atoms with E-state index in [-0.39, 0.29) is 35.0 Å². The minimum absolute atomic E-state index is 0.0784. The molecule has 0 saturated heterocycles. The molecule has 0 aliphatic heterocycles. The van der Waals surface area contributed by atoms with E-state index in [9.17, 15) is 9.59 Å². The Morgan fingerprint density at radius 1 is 0.882 bits per heavy atom. The van der Waals surface area contributed by atoms with Crippen molar-refractivity contribution in [2.45, 2.75) is 91.3 Å². The largest absolute Gasteiger partial charge is 0.462 e. The molecule has 7 unspecified atom stereocenters. The maximum absolute atomic E-state index is 12.0. The van der Waals surface area contributed by atoms with Gasteiger partial charge in [-0.15, -0.1) is 0 Å². The Labute approximate surface area is 204 Å². The summed E-state index contributed by atoms with van der Waals surface area (Å²) in [7, 11) is 0. The third kappa shape index (κ3) is 4.01. The van der Waals surface area contributed by atoms with Gasteiger partial charge >= 0.3 is 11.9 Å². The minimum Gasteiger partial charge on any atom is -0.462 e. The van der Waals surface area contributed by atoms with Gasteiger partial charge in [-0.3, -0.25) is 9.59 Å². The molecule has 0 spiro atoms. The van der Waals surface area contributed by atoms with Gasteiger partial charge in [0.2, 0.25) is 0 Å². The van der Waals surface area contributed by atoms with Crippen molar-refractivity contribution in [1.82, 2.24) is 0 Å². The van der Waals surface area contributed by atoms with Crippen molar-refractivity contribution < 1.29 is 19.1 Å². The van der Waals surface area contributed by atoms with Crippen molar-refractivity contribution in [3.05, 3.63) is 41.5 Å². The van der Waals surface area contributed by atoms with E-state index in [1.165, 1.54) is 43.7 Å². The maximum atomic E-state index is 12.0. The molecule has 4 fully saturated rings. The molecule has 34 heavy (non-hydrogen) atoms. The number of benzene rings is 1. The van der Waals surface area contributed by atoms with Gasteiger partial charge in [0.25, 0.3) is 0 Å². The number of esters is 2. The molecular formula is C30H40O4. The van der Waals surface area contributed by atoms with Crippen LogP contribution in [0.5, 0.6) is 0 Å². The standard InChI is InChI=1S/C30H40O4/c1-19(31)33-27-17-23-10-11-24-25-12-13-28(34-20(2)32)29(25,3)15-14-26(24)30(23,4)18-22(27)16-21-8-6-5-7-9-21/h5-9,16,23-28H,10-15,17-18H2,1-4H3/t23-,24?,25?,26?,27?,28?,29?,30?/m0/s1. The summed E-state index contributed by atoms with van der Waals surface area (Å²) in [6.45, 7) is 8.00. The lowest BCUT2D eigenvalue weighted by molar-refractivity contribution is -0.163. The van der Waals surface area contributed by atoms with Crippen molar-refractivity contribution in [3.8, 4) is 0 Å². The first-order valence-corrected chi connectivity index (χ1v) is 13.3. The lowest BCUT2D eigenvalue weighted by Crippen LogP contribution is -2.55. The second-order valence-corrected chi connectivity index (χ2v) is 12.0. The molecule has 4 aliphatic rings. The molecule has 4 aliphatic carbocycles. The number of rotatable bonds is 3. The van der Waals surface area contributed by atoms with E-state index in [0.29, 0.717) is 23.7 Å². The zero-order valence-electron chi connectivity index (χ0n) is 21.2. The molecule has 8 atom stereocenters. The average Bonchev–Trinajstić information content (AvgIpc) is 3.10. The monoisotopic (exact) mass is 464 g/mol. The molecular weight excluding hydrogens is 424 g/mol. The molecule has 1 aromatic rings. The molecule has 4 saturated carbocycles. The fourth-order valence-electron chi connectivity index (χ4n) is 8.74. The van der Waals surface area contributed by atoms with Crippen LogP contribution < -0.4 is 0 Å². The van der Waals surface area contributed by atoms with Crippen LogP contribution in [0.25, 0.3) is 6.08 Å². The third-order valence-corrected chi connectivity index (χ3v) is 10.2. The Hall–Kier alpha value is -2.10. The predicted molar refractivity (Wildman–Crippen MR) is 133 cm³/mol. The summed E-state index contributed by atoms with van der Waals surface area (Å²) in [6, 6.07) is 10.4. The second kappa shape index (κ2) is 8.84. The highest BCUT2D eigenvalue weighted by Gasteiger charge is 2.61. The van der Waals surface area contributed by atoms with Gasteiger partial charge in [0.15, 0.2) is 0 Å². The summed E-state index contributed by atoms with van der Waals surface area (Å²) in [5, 5.41) is 0. The predicted octanol–water partition coefficient (Wildman–Crippen LogP) is 6.59. The van der Waals surface area contributed by atoms with Crippen molar-refractivity contribution >= 4 is 18.0 Å². The van der Waals surface area contributed by atoms with Gasteiger partial charge in [0.1, 0.15) is 12.2 Å². The third-order valence-electron chi connectivity index (χ3n) is 10.2. The van der Waals surface area contributed by atoms with Crippen LogP contribution in [0.2, 0.25) is 0 Å². The highest BCUT2D eigenvalue weighted by Crippen LogP contribution is 2.67. The number of hydrogen-bond acceptors (Lipinski definition) is 4. The van der Waals surface area contributed by atoms with Crippen LogP contribution in [-0.4, -0.2) is 24.1 Å². The van der Waals surface area contributed by atoms with E-state index >= 15 is 0 Å². The molecule has 0 N–H and O–H groups in total. The normalized spacial score (nSPS) is 42.3. The quantitative estimate of drug-likeness (QED) is 0.474. The first kappa shape index (κ1) is 23.6. The molecule has 0 bridgehead atoms. The Kier molecular flexibility index (Phi) is 6.14. The number of carbonyl (C=O) groups excluding carboxylic acids is 2. The second-order valence-electron chi connectivity index (χ2n) is 12.0. The van der Waals surface area contributed by atoms with E-state index in [0.717, 1.165) is 25.7 Å². The van der Waals surface area contributed by atoms with Crippen LogP contribution in [-0.2, 0) is 19.1 Å². The van der Waals surface area contributed by atoms with Gasteiger partial charge in [0.05, 0.1) is 0 Å². The zero-order chi connectivity index (χ0) is 24.1. The molecule has 184 valence electrons. The first-order chi connectivity index (χ1) is 16.2. The van der Waals surface area contributed by atoms with Gasteiger partial charge in [-0.1, -0.05) is 50.3 Å². The van der Waals surface area contributed by atoms with Gasteiger partial charge in [-0.05, 0) is 91.6 Å². The number of carbonyl (C=O) groups is 2. The van der Waals surface area contributed by atoms with Gasteiger partial charge in [-0.25, -0.2) is 0 Å². The van der Waals surface area contributed by atoms with Crippen LogP contribution in [0.15, 0.2) is 35.9 Å². The molecule has 4 heteroatoms. The van der Waals surface area contributed by atoms with Crippen molar-refractivity contribution in [2.75, 3.05) is 0 Å². The molecule has 0 heterocycles. The van der Waals surface area contributed by atoms with E-state index in [4.69, 9.17) is 9.47 Å². The summed E-state index contributed by atoms with van der Waals surface area (Å²) in [4.78, 5) is 23.7. The molecule has 5 rings (SSSR count). The summed E-state index contributed by atoms with van der Waals surface area (Å²) in [5.74, 6) is 2.28. The Morgan fingerprint density at radius 2 is 1.59 bits per heavy atom. The van der Waals surface area contributed by atoms with E-state index in [1.54, 1.807) is 6.92 Å². The van der Waals surface area contributed by atoms with E-state index in [1.807, 2.05) is 6.07 Å². The van der Waals surface area contributed by atoms with Crippen molar-refractivity contribution in [3.63, 3.8) is 0 Å². The minimum atomic E-state index is -0.183. The lowest BCUT2D eigenvalue weighted by atomic mass is 9.44. The number of ether oxygens (including phenoxy) is 2. The Morgan fingerprint density at radius 3 is 2.29 bits per heavy atom. The summed E-state index contributed by atoms with van der Waals surface area (Å²) >= 11 is 0. The lowest BCUT2D eigenvalue weighted by Gasteiger charge is -2.61. The van der Waals surface area contributed by atoms with Gasteiger partial charge in [0, 0.05) is 19.3 Å². The summed E-state index contributed by atoms with van der Waals surface area (Å²) < 4.78 is 11.7. The highest BCUT2D eigenvalue weighted by atomic mass is 16.5. The van der Waals surface area contributed by atoms with Crippen LogP contribution in [0, 0.1) is 34.5 Å². The van der Waals surface area contributed by atoms with Crippen LogP contribution in [0.3, 0.4) is 0 Å². The van der Waals surface area contributed by atoms with E-state index in [2.05, 4.69) is 44.2 Å². The van der Waals surface area contributed by atoms with Crippen molar-refractivity contribution in [2.24, 2.45) is 34.5 Å². The molecule has 1 aromatic carbocycles. The summed E-state index contributed by atoms with van der Waals surface area (Å²) in [6.07, 6.45) is 11.2. The average molecular weight is 465 g/mol. The molecule has 4 nitrogen and oxygen atoms in total. The van der Waals surface area contributed by atoms with Crippen LogP contribution in [0.1, 0.15) is 84.6 Å². The molecule has 0 aromatic heterocycles. The van der Waals surface area contributed by atoms with Gasteiger partial charge in [-0.2, -0.15) is 0 Å². The first-order valence-electron chi connectivity index (χ1n) is 13.3. The topological polar surface area (TPSA) is 52.6 Å². The van der Waals surface area contributed by atoms with Crippen LogP contribution in [0.4, 0.5) is 0 Å². The molecule has 0 radical (unpaired) electrons. The fraction of sp³-hybridized carbons (Fsp3) is 0.667. The number of fused-ring (bicyclic) bond motifs is 5. The van der Waals surface area contributed by atoms with Crippen molar-refractivity contribution in [1.29, 1.82) is 0 Å². The maximum Gasteiger partial charge on any atom is 0.303 e.